The quantitative estimate of drug-likeness (QED) is 0.691. The van der Waals surface area contributed by atoms with Crippen molar-refractivity contribution in [3.05, 3.63) is 54.6 Å². The summed E-state index contributed by atoms with van der Waals surface area (Å²) in [5, 5.41) is 4.05. The zero-order valence-corrected chi connectivity index (χ0v) is 16.5. The van der Waals surface area contributed by atoms with Crippen LogP contribution >= 0.6 is 24.8 Å². The Balaban J connectivity index is 0.00000121. The Kier molecular flexibility index (Phi) is 6.58. The van der Waals surface area contributed by atoms with Crippen molar-refractivity contribution in [1.82, 2.24) is 10.3 Å². The van der Waals surface area contributed by atoms with E-state index in [0.717, 1.165) is 37.1 Å². The van der Waals surface area contributed by atoms with E-state index in [1.165, 1.54) is 0 Å². The first-order chi connectivity index (χ1) is 11.7. The van der Waals surface area contributed by atoms with Crippen LogP contribution in [0.2, 0.25) is 0 Å². The largest absolute Gasteiger partial charge is 0.355 e. The molecule has 1 aliphatic heterocycles. The van der Waals surface area contributed by atoms with E-state index in [-0.39, 0.29) is 24.8 Å². The van der Waals surface area contributed by atoms with Crippen molar-refractivity contribution in [2.45, 2.75) is 9.79 Å². The molecule has 8 heteroatoms. The second kappa shape index (κ2) is 8.31. The first-order valence-electron chi connectivity index (χ1n) is 8.04. The van der Waals surface area contributed by atoms with Gasteiger partial charge in [0.25, 0.3) is 0 Å². The lowest BCUT2D eigenvalue weighted by atomic mass is 10.2. The van der Waals surface area contributed by atoms with Crippen molar-refractivity contribution in [1.29, 1.82) is 0 Å². The third kappa shape index (κ3) is 3.55. The summed E-state index contributed by atoms with van der Waals surface area (Å²) in [5.74, 6) is 0.696. The van der Waals surface area contributed by atoms with Crippen LogP contribution < -0.4 is 10.2 Å². The van der Waals surface area contributed by atoms with E-state index in [9.17, 15) is 8.42 Å². The molecule has 4 rings (SSSR count). The highest BCUT2D eigenvalue weighted by molar-refractivity contribution is 7.92. The van der Waals surface area contributed by atoms with Gasteiger partial charge in [0, 0.05) is 37.1 Å². The first kappa shape index (κ1) is 20.6. The molecule has 5 nitrogen and oxygen atoms in total. The highest BCUT2D eigenvalue weighted by Crippen LogP contribution is 2.36. The van der Waals surface area contributed by atoms with Crippen molar-refractivity contribution in [2.75, 3.05) is 31.1 Å². The molecule has 140 valence electrons. The van der Waals surface area contributed by atoms with Crippen LogP contribution in [-0.2, 0) is 9.84 Å². The number of hydrogen-bond acceptors (Lipinski definition) is 4. The zero-order chi connectivity index (χ0) is 16.6. The molecule has 0 saturated carbocycles. The number of hydrogen-bond donors (Lipinski definition) is 2. The molecule has 1 aliphatic rings. The van der Waals surface area contributed by atoms with Gasteiger partial charge in [-0.15, -0.1) is 24.8 Å². The van der Waals surface area contributed by atoms with Crippen LogP contribution in [0.5, 0.6) is 0 Å². The lowest BCUT2D eigenvalue weighted by molar-refractivity contribution is 0.578. The molecule has 0 amide bonds. The number of aromatic amines is 1. The number of benzene rings is 2. The Morgan fingerprint density at radius 2 is 1.46 bits per heavy atom. The Labute approximate surface area is 165 Å². The van der Waals surface area contributed by atoms with Crippen molar-refractivity contribution >= 4 is 51.4 Å². The number of piperazine rings is 1. The molecule has 2 aromatic carbocycles. The number of H-pyrrole nitrogens is 1. The monoisotopic (exact) mass is 413 g/mol. The standard InChI is InChI=1S/C18H19N3O2S.2ClH/c22-24(23,14-6-2-1-3-7-14)17-15-8-4-5-9-16(15)20-18(17)21-12-10-19-11-13-21;;/h1-9,19-20H,10-13H2;2*1H. The number of nitrogens with zero attached hydrogens (tertiary/aromatic N) is 1. The van der Waals surface area contributed by atoms with Gasteiger partial charge in [0.05, 0.1) is 4.90 Å². The highest BCUT2D eigenvalue weighted by atomic mass is 35.5. The molecule has 3 aromatic rings. The highest BCUT2D eigenvalue weighted by Gasteiger charge is 2.29. The maximum atomic E-state index is 13.3. The van der Waals surface area contributed by atoms with E-state index in [1.807, 2.05) is 30.3 Å². The fraction of sp³-hybridized carbons (Fsp3) is 0.222. The minimum absolute atomic E-state index is 0. The summed E-state index contributed by atoms with van der Waals surface area (Å²) in [6, 6.07) is 16.2. The second-order valence-electron chi connectivity index (χ2n) is 5.90. The van der Waals surface area contributed by atoms with E-state index < -0.39 is 9.84 Å². The van der Waals surface area contributed by atoms with Gasteiger partial charge in [-0.1, -0.05) is 36.4 Å². The summed E-state index contributed by atoms with van der Waals surface area (Å²) in [6.45, 7) is 3.26. The van der Waals surface area contributed by atoms with Gasteiger partial charge in [-0.2, -0.15) is 0 Å². The SMILES string of the molecule is Cl.Cl.O=S(=O)(c1ccccc1)c1c(N2CCNCC2)[nH]c2ccccc12. The van der Waals surface area contributed by atoms with E-state index >= 15 is 0 Å². The van der Waals surface area contributed by atoms with Gasteiger partial charge in [0.1, 0.15) is 10.7 Å². The Morgan fingerprint density at radius 1 is 0.846 bits per heavy atom. The average molecular weight is 414 g/mol. The number of sulfone groups is 1. The van der Waals surface area contributed by atoms with Gasteiger partial charge < -0.3 is 15.2 Å². The molecular weight excluding hydrogens is 393 g/mol. The van der Waals surface area contributed by atoms with Crippen molar-refractivity contribution in [2.24, 2.45) is 0 Å². The van der Waals surface area contributed by atoms with Crippen LogP contribution in [0.1, 0.15) is 0 Å². The molecule has 2 N–H and O–H groups in total. The molecule has 0 unspecified atom stereocenters. The summed E-state index contributed by atoms with van der Waals surface area (Å²) in [6.07, 6.45) is 0. The van der Waals surface area contributed by atoms with Gasteiger partial charge in [-0.3, -0.25) is 0 Å². The fourth-order valence-electron chi connectivity index (χ4n) is 3.20. The van der Waals surface area contributed by atoms with Crippen molar-refractivity contribution in [3.63, 3.8) is 0 Å². The zero-order valence-electron chi connectivity index (χ0n) is 14.0. The first-order valence-corrected chi connectivity index (χ1v) is 9.53. The number of nitrogens with one attached hydrogen (secondary N) is 2. The minimum atomic E-state index is -3.60. The van der Waals surface area contributed by atoms with Crippen LogP contribution in [0, 0.1) is 0 Å². The summed E-state index contributed by atoms with van der Waals surface area (Å²) in [7, 11) is -3.60. The topological polar surface area (TPSA) is 65.2 Å². The second-order valence-corrected chi connectivity index (χ2v) is 7.79. The predicted molar refractivity (Wildman–Crippen MR) is 110 cm³/mol. The lowest BCUT2D eigenvalue weighted by Gasteiger charge is -2.29. The van der Waals surface area contributed by atoms with E-state index in [0.29, 0.717) is 15.6 Å². The third-order valence-corrected chi connectivity index (χ3v) is 6.24. The number of halogens is 2. The molecular formula is C18H21Cl2N3O2S. The Morgan fingerprint density at radius 3 is 2.15 bits per heavy atom. The molecule has 0 spiro atoms. The molecule has 0 radical (unpaired) electrons. The molecule has 1 aromatic heterocycles. The van der Waals surface area contributed by atoms with Gasteiger partial charge in [-0.25, -0.2) is 8.42 Å². The van der Waals surface area contributed by atoms with Crippen molar-refractivity contribution in [3.8, 4) is 0 Å². The van der Waals surface area contributed by atoms with Crippen LogP contribution in [-0.4, -0.2) is 39.6 Å². The van der Waals surface area contributed by atoms with Crippen molar-refractivity contribution < 1.29 is 8.42 Å². The fourth-order valence-corrected chi connectivity index (χ4v) is 4.86. The Hall–Kier alpha value is -1.73. The molecule has 0 atom stereocenters. The number of fused-ring (bicyclic) bond motifs is 1. The Bertz CT molecular complexity index is 969. The van der Waals surface area contributed by atoms with E-state index in [1.54, 1.807) is 24.3 Å². The van der Waals surface area contributed by atoms with Crippen LogP contribution in [0.25, 0.3) is 10.9 Å². The normalized spacial score (nSPS) is 14.5. The molecule has 0 aliphatic carbocycles. The summed E-state index contributed by atoms with van der Waals surface area (Å²) in [4.78, 5) is 6.15. The van der Waals surface area contributed by atoms with Gasteiger partial charge >= 0.3 is 0 Å². The predicted octanol–water partition coefficient (Wildman–Crippen LogP) is 3.25. The number of para-hydroxylation sites is 1. The molecule has 1 saturated heterocycles. The molecule has 1 fully saturated rings. The van der Waals surface area contributed by atoms with E-state index in [4.69, 9.17) is 0 Å². The average Bonchev–Trinajstić information content (AvgIpc) is 3.03. The minimum Gasteiger partial charge on any atom is -0.355 e. The van der Waals surface area contributed by atoms with Crippen LogP contribution in [0.15, 0.2) is 64.4 Å². The maximum absolute atomic E-state index is 13.3. The number of aromatic nitrogens is 1. The summed E-state index contributed by atoms with van der Waals surface area (Å²) >= 11 is 0. The van der Waals surface area contributed by atoms with Gasteiger partial charge in [0.15, 0.2) is 0 Å². The van der Waals surface area contributed by atoms with Gasteiger partial charge in [0.2, 0.25) is 9.84 Å². The smallest absolute Gasteiger partial charge is 0.210 e. The van der Waals surface area contributed by atoms with Crippen LogP contribution in [0.4, 0.5) is 5.82 Å². The van der Waals surface area contributed by atoms with Crippen LogP contribution in [0.3, 0.4) is 0 Å². The third-order valence-electron chi connectivity index (χ3n) is 4.40. The maximum Gasteiger partial charge on any atom is 0.210 e. The number of rotatable bonds is 3. The van der Waals surface area contributed by atoms with E-state index in [2.05, 4.69) is 15.2 Å². The summed E-state index contributed by atoms with van der Waals surface area (Å²) < 4.78 is 26.6. The molecule has 0 bridgehead atoms. The molecule has 26 heavy (non-hydrogen) atoms. The lowest BCUT2D eigenvalue weighted by Crippen LogP contribution is -2.44. The molecule has 2 heterocycles. The van der Waals surface area contributed by atoms with Gasteiger partial charge in [-0.05, 0) is 18.2 Å². The number of anilines is 1. The summed E-state index contributed by atoms with van der Waals surface area (Å²) in [5.41, 5.74) is 0.848.